The lowest BCUT2D eigenvalue weighted by Crippen LogP contribution is -2.44. The summed E-state index contributed by atoms with van der Waals surface area (Å²) in [6.45, 7) is 4.43. The van der Waals surface area contributed by atoms with Gasteiger partial charge in [-0.3, -0.25) is 9.59 Å². The van der Waals surface area contributed by atoms with Crippen LogP contribution in [0.25, 0.3) is 0 Å². The molecule has 0 unspecified atom stereocenters. The zero-order chi connectivity index (χ0) is 15.4. The Labute approximate surface area is 128 Å². The van der Waals surface area contributed by atoms with Crippen molar-refractivity contribution in [3.63, 3.8) is 0 Å². The van der Waals surface area contributed by atoms with Crippen LogP contribution >= 0.6 is 11.8 Å². The van der Waals surface area contributed by atoms with Crippen LogP contribution in [0.15, 0.2) is 16.0 Å². The van der Waals surface area contributed by atoms with Gasteiger partial charge in [0.25, 0.3) is 5.56 Å². The summed E-state index contributed by atoms with van der Waals surface area (Å²) in [5.74, 6) is 1.50. The highest BCUT2D eigenvalue weighted by molar-refractivity contribution is 7.99. The molecule has 1 aromatic heterocycles. The van der Waals surface area contributed by atoms with E-state index < -0.39 is 0 Å². The summed E-state index contributed by atoms with van der Waals surface area (Å²) >= 11 is 1.19. The third-order valence-electron chi connectivity index (χ3n) is 4.13. The number of H-pyrrole nitrogens is 1. The molecule has 1 fully saturated rings. The highest BCUT2D eigenvalue weighted by Crippen LogP contribution is 2.29. The van der Waals surface area contributed by atoms with Crippen molar-refractivity contribution in [1.29, 1.82) is 0 Å². The van der Waals surface area contributed by atoms with Gasteiger partial charge in [-0.05, 0) is 18.3 Å². The molecule has 116 valence electrons. The van der Waals surface area contributed by atoms with Crippen LogP contribution in [0.1, 0.15) is 33.1 Å². The number of aromatic amines is 1. The van der Waals surface area contributed by atoms with Gasteiger partial charge in [-0.2, -0.15) is 0 Å². The van der Waals surface area contributed by atoms with Crippen LogP contribution in [-0.2, 0) is 4.79 Å². The Hall–Kier alpha value is -1.50. The number of hydrogen-bond donors (Lipinski definition) is 3. The first-order chi connectivity index (χ1) is 9.95. The predicted octanol–water partition coefficient (Wildman–Crippen LogP) is 1.39. The molecule has 0 aromatic carbocycles. The van der Waals surface area contributed by atoms with Gasteiger partial charge < -0.3 is 16.0 Å². The number of nitrogen functional groups attached to an aromatic ring is 1. The third-order valence-corrected chi connectivity index (χ3v) is 5.01. The number of rotatable bonds is 4. The molecule has 6 nitrogen and oxygen atoms in total. The van der Waals surface area contributed by atoms with E-state index in [9.17, 15) is 9.59 Å². The topological polar surface area (TPSA) is 101 Å². The molecule has 1 aromatic rings. The fourth-order valence-corrected chi connectivity index (χ4v) is 3.38. The lowest BCUT2D eigenvalue weighted by molar-refractivity contribution is -0.120. The molecular formula is C14H22N4O2S. The monoisotopic (exact) mass is 310 g/mol. The maximum absolute atomic E-state index is 12.0. The molecule has 4 N–H and O–H groups in total. The van der Waals surface area contributed by atoms with Crippen molar-refractivity contribution >= 4 is 23.5 Å². The molecular weight excluding hydrogens is 288 g/mol. The SMILES string of the molecule is C[C@@H]1[C@H](C)CCC[C@@H]1NC(=O)CSc1nc(N)cc(=O)[nH]1. The number of hydrogen-bond acceptors (Lipinski definition) is 5. The Morgan fingerprint density at radius 2 is 2.29 bits per heavy atom. The quantitative estimate of drug-likeness (QED) is 0.576. The molecule has 7 heteroatoms. The maximum Gasteiger partial charge on any atom is 0.253 e. The number of nitrogens with one attached hydrogen (secondary N) is 2. The number of thioether (sulfide) groups is 1. The van der Waals surface area contributed by atoms with Gasteiger partial charge in [-0.25, -0.2) is 4.98 Å². The van der Waals surface area contributed by atoms with Crippen LogP contribution in [0.3, 0.4) is 0 Å². The number of nitrogens with zero attached hydrogens (tertiary/aromatic N) is 1. The van der Waals surface area contributed by atoms with Gasteiger partial charge >= 0.3 is 0 Å². The van der Waals surface area contributed by atoms with Gasteiger partial charge in [0.15, 0.2) is 5.16 Å². The number of nitrogens with two attached hydrogens (primary N) is 1. The molecule has 1 heterocycles. The van der Waals surface area contributed by atoms with Crippen molar-refractivity contribution in [2.45, 2.75) is 44.3 Å². The van der Waals surface area contributed by atoms with Crippen molar-refractivity contribution in [2.75, 3.05) is 11.5 Å². The van der Waals surface area contributed by atoms with Crippen molar-refractivity contribution < 1.29 is 4.79 Å². The van der Waals surface area contributed by atoms with Crippen molar-refractivity contribution in [1.82, 2.24) is 15.3 Å². The Morgan fingerprint density at radius 3 is 3.00 bits per heavy atom. The highest BCUT2D eigenvalue weighted by Gasteiger charge is 2.27. The predicted molar refractivity (Wildman–Crippen MR) is 84.1 cm³/mol. The summed E-state index contributed by atoms with van der Waals surface area (Å²) in [7, 11) is 0. The van der Waals surface area contributed by atoms with E-state index in [1.165, 1.54) is 24.2 Å². The summed E-state index contributed by atoms with van der Waals surface area (Å²) in [5, 5.41) is 3.46. The maximum atomic E-state index is 12.0. The van der Waals surface area contributed by atoms with E-state index in [1.807, 2.05) is 0 Å². The second-order valence-electron chi connectivity index (χ2n) is 5.71. The molecule has 21 heavy (non-hydrogen) atoms. The average molecular weight is 310 g/mol. The second-order valence-corrected chi connectivity index (χ2v) is 6.67. The number of carbonyl (C=O) groups is 1. The first kappa shape index (κ1) is 15.9. The minimum atomic E-state index is -0.305. The van der Waals surface area contributed by atoms with Crippen molar-refractivity contribution in [2.24, 2.45) is 11.8 Å². The molecule has 3 atom stereocenters. The van der Waals surface area contributed by atoms with Crippen molar-refractivity contribution in [3.05, 3.63) is 16.4 Å². The van der Waals surface area contributed by atoms with Crippen LogP contribution in [0.4, 0.5) is 5.82 Å². The molecule has 2 rings (SSSR count). The Balaban J connectivity index is 1.86. The fraction of sp³-hybridized carbons (Fsp3) is 0.643. The molecule has 1 aliphatic rings. The number of carbonyl (C=O) groups excluding carboxylic acids is 1. The summed E-state index contributed by atoms with van der Waals surface area (Å²) in [4.78, 5) is 29.8. The van der Waals surface area contributed by atoms with Crippen LogP contribution in [0.5, 0.6) is 0 Å². The summed E-state index contributed by atoms with van der Waals surface area (Å²) in [6, 6.07) is 1.46. The Bertz CT molecular complexity index is 560. The first-order valence-corrected chi connectivity index (χ1v) is 8.23. The Kier molecular flexibility index (Phi) is 5.27. The summed E-state index contributed by atoms with van der Waals surface area (Å²) in [6.07, 6.45) is 3.43. The molecule has 0 saturated heterocycles. The van der Waals surface area contributed by atoms with Gasteiger partial charge in [0, 0.05) is 12.1 Å². The van der Waals surface area contributed by atoms with E-state index in [2.05, 4.69) is 29.1 Å². The zero-order valence-corrected chi connectivity index (χ0v) is 13.2. The van der Waals surface area contributed by atoms with Gasteiger partial charge in [0.2, 0.25) is 5.91 Å². The average Bonchev–Trinajstić information content (AvgIpc) is 2.41. The Morgan fingerprint density at radius 1 is 1.52 bits per heavy atom. The number of amides is 1. The van der Waals surface area contributed by atoms with E-state index in [-0.39, 0.29) is 29.1 Å². The van der Waals surface area contributed by atoms with E-state index in [0.29, 0.717) is 17.0 Å². The van der Waals surface area contributed by atoms with Gasteiger partial charge in [0.1, 0.15) is 5.82 Å². The van der Waals surface area contributed by atoms with Crippen LogP contribution in [-0.4, -0.2) is 27.7 Å². The largest absolute Gasteiger partial charge is 0.383 e. The number of anilines is 1. The zero-order valence-electron chi connectivity index (χ0n) is 12.4. The molecule has 0 bridgehead atoms. The second kappa shape index (κ2) is 6.98. The fourth-order valence-electron chi connectivity index (χ4n) is 2.69. The van der Waals surface area contributed by atoms with Gasteiger partial charge in [0.05, 0.1) is 5.75 Å². The molecule has 0 radical (unpaired) electrons. The summed E-state index contributed by atoms with van der Waals surface area (Å²) < 4.78 is 0. The van der Waals surface area contributed by atoms with E-state index in [0.717, 1.165) is 12.8 Å². The molecule has 1 aliphatic carbocycles. The minimum absolute atomic E-state index is 0.0315. The first-order valence-electron chi connectivity index (χ1n) is 7.24. The van der Waals surface area contributed by atoms with Crippen LogP contribution < -0.4 is 16.6 Å². The summed E-state index contributed by atoms with van der Waals surface area (Å²) in [5.41, 5.74) is 5.20. The molecule has 1 amide bonds. The highest BCUT2D eigenvalue weighted by atomic mass is 32.2. The van der Waals surface area contributed by atoms with E-state index in [4.69, 9.17) is 5.73 Å². The lowest BCUT2D eigenvalue weighted by Gasteiger charge is -2.34. The van der Waals surface area contributed by atoms with Crippen LogP contribution in [0.2, 0.25) is 0 Å². The van der Waals surface area contributed by atoms with Gasteiger partial charge in [-0.1, -0.05) is 38.5 Å². The third kappa shape index (κ3) is 4.49. The van der Waals surface area contributed by atoms with Crippen molar-refractivity contribution in [3.8, 4) is 0 Å². The minimum Gasteiger partial charge on any atom is -0.383 e. The molecule has 0 spiro atoms. The smallest absolute Gasteiger partial charge is 0.253 e. The van der Waals surface area contributed by atoms with Gasteiger partial charge in [-0.15, -0.1) is 0 Å². The number of aromatic nitrogens is 2. The lowest BCUT2D eigenvalue weighted by atomic mass is 9.78. The van der Waals surface area contributed by atoms with E-state index in [1.54, 1.807) is 0 Å². The van der Waals surface area contributed by atoms with E-state index >= 15 is 0 Å². The standard InChI is InChI=1S/C14H22N4O2S/c1-8-4-3-5-10(9(8)2)16-13(20)7-21-14-17-11(15)6-12(19)18-14/h6,8-10H,3-5,7H2,1-2H3,(H,16,20)(H3,15,17,18,19)/t8-,9-,10+/m1/s1. The molecule has 0 aliphatic heterocycles. The normalized spacial score (nSPS) is 25.5. The molecule has 1 saturated carbocycles. The van der Waals surface area contributed by atoms with Crippen LogP contribution in [0, 0.1) is 11.8 Å².